The molecule has 0 aliphatic carbocycles. The average molecular weight is 465 g/mol. The molecule has 0 radical (unpaired) electrons. The van der Waals surface area contributed by atoms with E-state index >= 15 is 0 Å². The maximum atomic E-state index is 13.1. The summed E-state index contributed by atoms with van der Waals surface area (Å²) in [5.74, 6) is 0.112. The molecular formula is C24H24N4O4S. The van der Waals surface area contributed by atoms with Crippen molar-refractivity contribution < 1.29 is 14.0 Å². The predicted octanol–water partition coefficient (Wildman–Crippen LogP) is 3.19. The lowest BCUT2D eigenvalue weighted by Crippen LogP contribution is -2.38. The molecule has 2 amide bonds. The molecule has 4 aromatic rings. The van der Waals surface area contributed by atoms with Crippen molar-refractivity contribution in [2.45, 2.75) is 26.4 Å². The highest BCUT2D eigenvalue weighted by molar-refractivity contribution is 7.17. The van der Waals surface area contributed by atoms with Gasteiger partial charge in [-0.1, -0.05) is 29.8 Å². The third kappa shape index (κ3) is 5.20. The second kappa shape index (κ2) is 9.83. The van der Waals surface area contributed by atoms with Crippen LogP contribution in [0.5, 0.6) is 0 Å². The van der Waals surface area contributed by atoms with E-state index in [1.54, 1.807) is 19.2 Å². The summed E-state index contributed by atoms with van der Waals surface area (Å²) < 4.78 is 6.62. The van der Waals surface area contributed by atoms with Crippen LogP contribution in [-0.4, -0.2) is 39.9 Å². The van der Waals surface area contributed by atoms with Crippen LogP contribution in [0, 0.1) is 6.92 Å². The fraction of sp³-hybridized carbons (Fsp3) is 0.250. The topological polar surface area (TPSA) is 97.4 Å². The number of nitrogens with zero attached hydrogens (tertiary/aromatic N) is 3. The zero-order chi connectivity index (χ0) is 23.4. The van der Waals surface area contributed by atoms with Crippen molar-refractivity contribution in [1.82, 2.24) is 19.8 Å². The first-order valence-electron chi connectivity index (χ1n) is 10.5. The Morgan fingerprint density at radius 2 is 2.00 bits per heavy atom. The first kappa shape index (κ1) is 22.5. The first-order chi connectivity index (χ1) is 15.9. The quantitative estimate of drug-likeness (QED) is 0.432. The third-order valence-corrected chi connectivity index (χ3v) is 6.22. The Hall–Kier alpha value is -3.72. The summed E-state index contributed by atoms with van der Waals surface area (Å²) in [6.07, 6.45) is 3.09. The van der Waals surface area contributed by atoms with E-state index in [9.17, 15) is 14.4 Å². The van der Waals surface area contributed by atoms with Gasteiger partial charge in [0.15, 0.2) is 0 Å². The van der Waals surface area contributed by atoms with E-state index in [1.165, 1.54) is 33.4 Å². The summed E-state index contributed by atoms with van der Waals surface area (Å²) in [5.41, 5.74) is 2.77. The molecule has 9 heteroatoms. The van der Waals surface area contributed by atoms with Crippen molar-refractivity contribution in [2.75, 3.05) is 13.6 Å². The van der Waals surface area contributed by atoms with Gasteiger partial charge in [-0.3, -0.25) is 19.0 Å². The summed E-state index contributed by atoms with van der Waals surface area (Å²) in [4.78, 5) is 44.2. The normalized spacial score (nSPS) is 11.0. The van der Waals surface area contributed by atoms with Gasteiger partial charge in [0.05, 0.1) is 31.1 Å². The Morgan fingerprint density at radius 1 is 1.21 bits per heavy atom. The molecule has 8 nitrogen and oxygen atoms in total. The van der Waals surface area contributed by atoms with Gasteiger partial charge in [0.1, 0.15) is 10.6 Å². The van der Waals surface area contributed by atoms with Crippen LogP contribution < -0.4 is 10.9 Å². The van der Waals surface area contributed by atoms with Gasteiger partial charge >= 0.3 is 0 Å². The maximum absolute atomic E-state index is 13.1. The van der Waals surface area contributed by atoms with Gasteiger partial charge in [-0.05, 0) is 24.6 Å². The molecule has 0 atom stereocenters. The van der Waals surface area contributed by atoms with Crippen LogP contribution in [0.4, 0.5) is 0 Å². The van der Waals surface area contributed by atoms with E-state index in [2.05, 4.69) is 10.3 Å². The van der Waals surface area contributed by atoms with E-state index in [-0.39, 0.29) is 43.4 Å². The number of hydrogen-bond donors (Lipinski definition) is 1. The smallest absolute Gasteiger partial charge is 0.262 e. The highest BCUT2D eigenvalue weighted by Gasteiger charge is 2.16. The Labute approximate surface area is 194 Å². The summed E-state index contributed by atoms with van der Waals surface area (Å²) >= 11 is 1.42. The molecule has 170 valence electrons. The standard InChI is InChI=1S/C24H24N4O4S/c1-16-5-7-17(8-6-16)19-14-33-23-22(19)24(31)28(15-26-23)10-9-21(30)27(2)13-20(29)25-12-18-4-3-11-32-18/h3-8,11,14-15H,9-10,12-13H2,1-2H3,(H,25,29). The fourth-order valence-electron chi connectivity index (χ4n) is 3.44. The SMILES string of the molecule is Cc1ccc(-c2csc3ncn(CCC(=O)N(C)CC(=O)NCc4ccco4)c(=O)c23)cc1. The van der Waals surface area contributed by atoms with Gasteiger partial charge in [-0.15, -0.1) is 11.3 Å². The van der Waals surface area contributed by atoms with Crippen molar-refractivity contribution in [3.8, 4) is 11.1 Å². The number of rotatable bonds is 8. The van der Waals surface area contributed by atoms with Crippen LogP contribution in [0.3, 0.4) is 0 Å². The second-order valence-corrected chi connectivity index (χ2v) is 8.65. The van der Waals surface area contributed by atoms with Crippen molar-refractivity contribution in [1.29, 1.82) is 0 Å². The molecule has 0 saturated carbocycles. The molecule has 33 heavy (non-hydrogen) atoms. The molecule has 0 aliphatic rings. The summed E-state index contributed by atoms with van der Waals surface area (Å²) in [6.45, 7) is 2.38. The minimum absolute atomic E-state index is 0.0756. The maximum Gasteiger partial charge on any atom is 0.262 e. The molecule has 0 fully saturated rings. The summed E-state index contributed by atoms with van der Waals surface area (Å²) in [6, 6.07) is 11.5. The van der Waals surface area contributed by atoms with Gasteiger partial charge < -0.3 is 14.6 Å². The molecule has 0 saturated heterocycles. The van der Waals surface area contributed by atoms with Crippen LogP contribution in [0.25, 0.3) is 21.3 Å². The molecule has 3 aromatic heterocycles. The largest absolute Gasteiger partial charge is 0.467 e. The van der Waals surface area contributed by atoms with Crippen molar-refractivity contribution in [3.05, 3.63) is 76.0 Å². The van der Waals surface area contributed by atoms with Crippen LogP contribution in [-0.2, 0) is 22.7 Å². The number of nitrogens with one attached hydrogen (secondary N) is 1. The number of aromatic nitrogens is 2. The van der Waals surface area contributed by atoms with Crippen LogP contribution in [0.2, 0.25) is 0 Å². The molecule has 0 spiro atoms. The zero-order valence-corrected chi connectivity index (χ0v) is 19.2. The van der Waals surface area contributed by atoms with Gasteiger partial charge in [0.2, 0.25) is 11.8 Å². The number of likely N-dealkylation sites (N-methyl/N-ethyl adjacent to an activating group) is 1. The van der Waals surface area contributed by atoms with Crippen molar-refractivity contribution in [3.63, 3.8) is 0 Å². The number of furan rings is 1. The minimum atomic E-state index is -0.288. The Morgan fingerprint density at radius 3 is 2.73 bits per heavy atom. The van der Waals surface area contributed by atoms with E-state index in [1.807, 2.05) is 36.6 Å². The monoisotopic (exact) mass is 464 g/mol. The van der Waals surface area contributed by atoms with E-state index in [4.69, 9.17) is 4.42 Å². The van der Waals surface area contributed by atoms with Gasteiger partial charge in [0, 0.05) is 31.0 Å². The first-order valence-corrected chi connectivity index (χ1v) is 11.4. The Balaban J connectivity index is 1.40. The number of aryl methyl sites for hydroxylation is 2. The number of carbonyl (C=O) groups is 2. The second-order valence-electron chi connectivity index (χ2n) is 7.79. The van der Waals surface area contributed by atoms with Gasteiger partial charge in [0.25, 0.3) is 5.56 Å². The number of fused-ring (bicyclic) bond motifs is 1. The average Bonchev–Trinajstić information content (AvgIpc) is 3.48. The molecule has 3 heterocycles. The van der Waals surface area contributed by atoms with Crippen molar-refractivity contribution >= 4 is 33.4 Å². The molecule has 0 bridgehead atoms. The Kier molecular flexibility index (Phi) is 6.69. The number of carbonyl (C=O) groups excluding carboxylic acids is 2. The molecule has 0 unspecified atom stereocenters. The van der Waals surface area contributed by atoms with Crippen LogP contribution in [0.15, 0.2) is 63.6 Å². The highest BCUT2D eigenvalue weighted by atomic mass is 32.1. The van der Waals surface area contributed by atoms with E-state index in [0.717, 1.165) is 16.7 Å². The summed E-state index contributed by atoms with van der Waals surface area (Å²) in [5, 5.41) is 5.20. The van der Waals surface area contributed by atoms with Gasteiger partial charge in [-0.25, -0.2) is 4.98 Å². The predicted molar refractivity (Wildman–Crippen MR) is 127 cm³/mol. The zero-order valence-electron chi connectivity index (χ0n) is 18.4. The molecule has 1 aromatic carbocycles. The van der Waals surface area contributed by atoms with Crippen molar-refractivity contribution in [2.24, 2.45) is 0 Å². The number of benzene rings is 1. The molecule has 4 rings (SSSR count). The van der Waals surface area contributed by atoms with Crippen LogP contribution >= 0.6 is 11.3 Å². The number of thiophene rings is 1. The molecule has 0 aliphatic heterocycles. The highest BCUT2D eigenvalue weighted by Crippen LogP contribution is 2.30. The number of amides is 2. The number of hydrogen-bond acceptors (Lipinski definition) is 6. The molecule has 1 N–H and O–H groups in total. The lowest BCUT2D eigenvalue weighted by Gasteiger charge is -2.17. The fourth-order valence-corrected chi connectivity index (χ4v) is 4.34. The van der Waals surface area contributed by atoms with Crippen LogP contribution in [0.1, 0.15) is 17.7 Å². The minimum Gasteiger partial charge on any atom is -0.467 e. The summed E-state index contributed by atoms with van der Waals surface area (Å²) in [7, 11) is 1.56. The van der Waals surface area contributed by atoms with E-state index < -0.39 is 0 Å². The Bertz CT molecular complexity index is 1320. The van der Waals surface area contributed by atoms with Gasteiger partial charge in [-0.2, -0.15) is 0 Å². The third-order valence-electron chi connectivity index (χ3n) is 5.34. The lowest BCUT2D eigenvalue weighted by molar-refractivity contribution is -0.135. The molecular weight excluding hydrogens is 440 g/mol. The van der Waals surface area contributed by atoms with E-state index in [0.29, 0.717) is 16.0 Å². The lowest BCUT2D eigenvalue weighted by atomic mass is 10.1.